The molecule has 2 aliphatic heterocycles. The summed E-state index contributed by atoms with van der Waals surface area (Å²) >= 11 is 0. The number of anilines is 1. The van der Waals surface area contributed by atoms with Crippen molar-refractivity contribution in [1.82, 2.24) is 15.3 Å². The molecule has 2 amide bonds. The van der Waals surface area contributed by atoms with Gasteiger partial charge in [0, 0.05) is 26.2 Å². The summed E-state index contributed by atoms with van der Waals surface area (Å²) in [6, 6.07) is 11.8. The molecule has 3 fully saturated rings. The van der Waals surface area contributed by atoms with Gasteiger partial charge in [-0.2, -0.15) is 0 Å². The van der Waals surface area contributed by atoms with Gasteiger partial charge in [0.15, 0.2) is 0 Å². The van der Waals surface area contributed by atoms with Crippen LogP contribution in [0.15, 0.2) is 40.8 Å². The van der Waals surface area contributed by atoms with Crippen molar-refractivity contribution in [3.8, 4) is 5.81 Å². The second kappa shape index (κ2) is 9.31. The van der Waals surface area contributed by atoms with Gasteiger partial charge in [0.2, 0.25) is 0 Å². The number of carbonyl (C=O) groups is 2. The van der Waals surface area contributed by atoms with Crippen molar-refractivity contribution in [3.05, 3.63) is 42.0 Å². The molecular weight excluding hydrogens is 485 g/mol. The third-order valence-electron chi connectivity index (χ3n) is 8.40. The number of hydrogen-bond donors (Lipinski definition) is 2. The zero-order valence-corrected chi connectivity index (χ0v) is 22.3. The summed E-state index contributed by atoms with van der Waals surface area (Å²) < 4.78 is 6.14. The molecular formula is C28H34N5O3P. The van der Waals surface area contributed by atoms with E-state index in [2.05, 4.69) is 45.2 Å². The monoisotopic (exact) mass is 519 g/mol. The molecule has 1 aliphatic carbocycles. The van der Waals surface area contributed by atoms with Gasteiger partial charge >= 0.3 is 174 Å². The number of fused-ring (bicyclic) bond motifs is 3. The fourth-order valence-corrected chi connectivity index (χ4v) is 7.95. The second-order valence-electron chi connectivity index (χ2n) is 11.0. The van der Waals surface area contributed by atoms with Crippen LogP contribution in [0.4, 0.5) is 5.69 Å². The first-order chi connectivity index (χ1) is 17.9. The molecule has 3 aliphatic rings. The Morgan fingerprint density at radius 3 is 2.43 bits per heavy atom. The first-order valence-electron chi connectivity index (χ1n) is 13.4. The van der Waals surface area contributed by atoms with Gasteiger partial charge in [0.25, 0.3) is 0 Å². The van der Waals surface area contributed by atoms with Gasteiger partial charge in [-0.3, -0.25) is 0 Å². The van der Waals surface area contributed by atoms with E-state index in [0.717, 1.165) is 74.1 Å². The molecule has 37 heavy (non-hydrogen) atoms. The number of nitriles is 1. The van der Waals surface area contributed by atoms with Crippen LogP contribution < -0.4 is 15.3 Å². The van der Waals surface area contributed by atoms with Gasteiger partial charge in [-0.05, 0) is 7.05 Å². The first kappa shape index (κ1) is 24.2. The summed E-state index contributed by atoms with van der Waals surface area (Å²) in [5.74, 6) is 1.91. The maximum atomic E-state index is 13.4. The number of rotatable bonds is 5. The number of benzene rings is 2. The number of likely N-dealkylation sites (N-methyl/N-ethyl adjacent to an activating group) is 1. The van der Waals surface area contributed by atoms with Crippen molar-refractivity contribution >= 4 is 46.9 Å². The third-order valence-corrected chi connectivity index (χ3v) is 11.0. The van der Waals surface area contributed by atoms with Crippen molar-refractivity contribution in [2.24, 2.45) is 0 Å². The minimum absolute atomic E-state index is 0.174. The van der Waals surface area contributed by atoms with Crippen LogP contribution in [0.3, 0.4) is 0 Å². The molecule has 3 aromatic rings. The number of nitrogens with one attached hydrogen (secondary N) is 2. The van der Waals surface area contributed by atoms with E-state index in [1.54, 1.807) is 6.07 Å². The Bertz CT molecular complexity index is 1410. The molecule has 3 heterocycles. The summed E-state index contributed by atoms with van der Waals surface area (Å²) in [5, 5.41) is 17.7. The first-order valence-corrected chi connectivity index (χ1v) is 15.8. The number of nitrogens with zero attached hydrogens (tertiary/aromatic N) is 3. The molecule has 0 unspecified atom stereocenters. The molecule has 0 spiro atoms. The standard InChI is InChI=1S/C28H34N5O3P/c1-32-11-13-33(14-12-32)21-6-8-24-23(18-21)22-7-5-20(17-25(22)36-24)26(34)30-28(9-3-2-4-10-28)27(35)31-37(19-29)15-16-37/h5-8,17-18,37H,2-4,9-16H2,1H3,(H,30,34)(H,31,35). The van der Waals surface area contributed by atoms with E-state index < -0.39 is 13.0 Å². The zero-order chi connectivity index (χ0) is 25.6. The summed E-state index contributed by atoms with van der Waals surface area (Å²) in [4.78, 5) is 31.5. The van der Waals surface area contributed by atoms with Gasteiger partial charge in [0.05, 0.1) is 0 Å². The van der Waals surface area contributed by atoms with Crippen molar-refractivity contribution in [3.63, 3.8) is 0 Å². The van der Waals surface area contributed by atoms with E-state index in [1.807, 2.05) is 18.2 Å². The molecule has 6 rings (SSSR count). The Morgan fingerprint density at radius 1 is 0.973 bits per heavy atom. The Morgan fingerprint density at radius 2 is 1.73 bits per heavy atom. The quantitative estimate of drug-likeness (QED) is 0.494. The number of piperazine rings is 1. The van der Waals surface area contributed by atoms with Crippen molar-refractivity contribution in [1.29, 1.82) is 5.26 Å². The third kappa shape index (κ3) is 4.56. The molecule has 2 saturated heterocycles. The average Bonchev–Trinajstić information content (AvgIpc) is 3.60. The summed E-state index contributed by atoms with van der Waals surface area (Å²) in [5.41, 5.74) is 2.17. The zero-order valence-electron chi connectivity index (χ0n) is 21.3. The van der Waals surface area contributed by atoms with E-state index >= 15 is 0 Å². The maximum Gasteiger partial charge on any atom is 0.0306 e. The Labute approximate surface area is 217 Å². The minimum atomic E-state index is -2.29. The fraction of sp³-hybridized carbons (Fsp3) is 0.464. The summed E-state index contributed by atoms with van der Waals surface area (Å²) in [7, 11) is -0.143. The van der Waals surface area contributed by atoms with Crippen LogP contribution in [0.5, 0.6) is 0 Å². The number of amides is 2. The molecule has 2 N–H and O–H groups in total. The van der Waals surface area contributed by atoms with Crippen molar-refractivity contribution < 1.29 is 14.0 Å². The predicted molar refractivity (Wildman–Crippen MR) is 149 cm³/mol. The van der Waals surface area contributed by atoms with Crippen molar-refractivity contribution in [2.45, 2.75) is 37.6 Å². The van der Waals surface area contributed by atoms with Crippen LogP contribution in [0, 0.1) is 11.1 Å². The number of furan rings is 1. The molecule has 0 atom stereocenters. The van der Waals surface area contributed by atoms with Gasteiger partial charge in [-0.25, -0.2) is 0 Å². The van der Waals surface area contributed by atoms with Crippen LogP contribution >= 0.6 is 7.41 Å². The molecule has 1 aromatic heterocycles. The largest absolute Gasteiger partial charge is 0.0306 e. The molecule has 0 radical (unpaired) electrons. The smallest absolute Gasteiger partial charge is 0.0155 e. The van der Waals surface area contributed by atoms with Crippen LogP contribution in [0.1, 0.15) is 42.5 Å². The van der Waals surface area contributed by atoms with E-state index in [9.17, 15) is 14.9 Å². The van der Waals surface area contributed by atoms with Crippen molar-refractivity contribution in [2.75, 3.05) is 50.5 Å². The summed E-state index contributed by atoms with van der Waals surface area (Å²) in [6.45, 7) is 4.08. The van der Waals surface area contributed by atoms with Gasteiger partial charge in [-0.1, -0.05) is 0 Å². The van der Waals surface area contributed by atoms with Crippen LogP contribution in [-0.4, -0.2) is 67.8 Å². The van der Waals surface area contributed by atoms with Crippen LogP contribution in [0.2, 0.25) is 0 Å². The Kier molecular flexibility index (Phi) is 6.09. The SMILES string of the molecule is CN1CCN(c2ccc3oc4cc(C(=O)NC5(C(=O)N[PH]6(C#N)CC6)CCCCC5)ccc4c3c2)CC1. The van der Waals surface area contributed by atoms with E-state index in [0.29, 0.717) is 24.0 Å². The topological polar surface area (TPSA) is 102 Å². The molecule has 0 bridgehead atoms. The van der Waals surface area contributed by atoms with Gasteiger partial charge in [0.1, 0.15) is 0 Å². The fourth-order valence-electron chi connectivity index (χ4n) is 5.75. The normalized spacial score (nSPS) is 21.8. The molecule has 8 nitrogen and oxygen atoms in total. The Hall–Kier alpha value is -3.14. The predicted octanol–water partition coefficient (Wildman–Crippen LogP) is 4.05. The molecule has 1 saturated carbocycles. The van der Waals surface area contributed by atoms with E-state index in [-0.39, 0.29) is 11.8 Å². The number of carbonyl (C=O) groups excluding carboxylic acids is 2. The second-order valence-corrected chi connectivity index (χ2v) is 14.7. The van der Waals surface area contributed by atoms with Gasteiger partial charge in [-0.15, -0.1) is 0 Å². The molecule has 9 heteroatoms. The van der Waals surface area contributed by atoms with E-state index in [1.165, 1.54) is 5.69 Å². The van der Waals surface area contributed by atoms with Gasteiger partial charge < -0.3 is 9.80 Å². The average molecular weight is 520 g/mol. The van der Waals surface area contributed by atoms with Crippen LogP contribution in [0.25, 0.3) is 21.9 Å². The Balaban J connectivity index is 1.25. The minimum Gasteiger partial charge on any atom is 0.0155 e. The van der Waals surface area contributed by atoms with E-state index in [4.69, 9.17) is 4.42 Å². The molecule has 2 aromatic carbocycles. The summed E-state index contributed by atoms with van der Waals surface area (Å²) in [6.07, 6.45) is 5.62. The van der Waals surface area contributed by atoms with Crippen LogP contribution in [-0.2, 0) is 4.79 Å². The maximum absolute atomic E-state index is 13.4. The molecule has 194 valence electrons. The number of hydrogen-bond acceptors (Lipinski definition) is 6.